The SMILES string of the molecule is CC(CC(=O)N1C2CC3CC1CC(O)(C3)C2)c1c[nH]c2cccc(Oc3ccc(Cl)cc3)c12. The molecule has 5 nitrogen and oxygen atoms in total. The zero-order chi connectivity index (χ0) is 22.7. The molecule has 3 atom stereocenters. The van der Waals surface area contributed by atoms with Crippen LogP contribution in [0.5, 0.6) is 11.5 Å². The number of carbonyl (C=O) groups excluding carboxylic acids is 1. The van der Waals surface area contributed by atoms with Gasteiger partial charge in [-0.05, 0) is 85.9 Å². The monoisotopic (exact) mass is 464 g/mol. The molecule has 2 N–H and O–H groups in total. The van der Waals surface area contributed by atoms with E-state index in [1.165, 1.54) is 0 Å². The van der Waals surface area contributed by atoms with E-state index in [4.69, 9.17) is 16.3 Å². The lowest BCUT2D eigenvalue weighted by molar-refractivity contribution is -0.174. The number of aromatic amines is 1. The number of nitrogens with one attached hydrogen (secondary N) is 1. The molecular weight excluding hydrogens is 436 g/mol. The normalized spacial score (nSPS) is 28.9. The van der Waals surface area contributed by atoms with Crippen molar-refractivity contribution in [2.45, 2.75) is 69.1 Å². The molecule has 2 aliphatic heterocycles. The van der Waals surface area contributed by atoms with Crippen molar-refractivity contribution in [2.24, 2.45) is 5.92 Å². The van der Waals surface area contributed by atoms with Gasteiger partial charge in [0.25, 0.3) is 0 Å². The van der Waals surface area contributed by atoms with Gasteiger partial charge >= 0.3 is 0 Å². The van der Waals surface area contributed by atoms with Gasteiger partial charge in [-0.15, -0.1) is 0 Å². The van der Waals surface area contributed by atoms with Crippen LogP contribution in [0.4, 0.5) is 0 Å². The topological polar surface area (TPSA) is 65.6 Å². The fraction of sp³-hybridized carbons (Fsp3) is 0.444. The van der Waals surface area contributed by atoms with E-state index < -0.39 is 5.60 Å². The third kappa shape index (κ3) is 3.71. The second-order valence-electron chi connectivity index (χ2n) is 10.4. The number of aromatic nitrogens is 1. The number of ether oxygens (including phenoxy) is 1. The van der Waals surface area contributed by atoms with Crippen LogP contribution in [0.2, 0.25) is 5.02 Å². The third-order valence-corrected chi connectivity index (χ3v) is 8.19. The van der Waals surface area contributed by atoms with Gasteiger partial charge in [-0.3, -0.25) is 4.79 Å². The maximum Gasteiger partial charge on any atom is 0.223 e. The van der Waals surface area contributed by atoms with E-state index in [2.05, 4.69) is 16.8 Å². The fourth-order valence-electron chi connectivity index (χ4n) is 6.75. The van der Waals surface area contributed by atoms with E-state index in [0.717, 1.165) is 60.1 Å². The van der Waals surface area contributed by atoms with Gasteiger partial charge in [-0.2, -0.15) is 0 Å². The third-order valence-electron chi connectivity index (χ3n) is 7.94. The van der Waals surface area contributed by atoms with Crippen molar-refractivity contribution in [2.75, 3.05) is 0 Å². The van der Waals surface area contributed by atoms with Crippen LogP contribution in [-0.2, 0) is 4.79 Å². The van der Waals surface area contributed by atoms with E-state index in [0.29, 0.717) is 17.4 Å². The summed E-state index contributed by atoms with van der Waals surface area (Å²) in [7, 11) is 0. The molecule has 4 fully saturated rings. The lowest BCUT2D eigenvalue weighted by Gasteiger charge is -2.59. The molecule has 2 aromatic carbocycles. The number of aliphatic hydroxyl groups is 1. The standard InChI is InChI=1S/C27H29ClN2O3/c1-16(9-25(31)30-19-10-17-11-20(30)14-27(32,12-17)13-19)22-15-29-23-3-2-4-24(26(22)23)33-21-7-5-18(28)6-8-21/h2-8,15-17,19-20,29,32H,9-14H2,1H3. The second-order valence-corrected chi connectivity index (χ2v) is 10.8. The van der Waals surface area contributed by atoms with Crippen LogP contribution in [0, 0.1) is 5.92 Å². The predicted octanol–water partition coefficient (Wildman–Crippen LogP) is 6.01. The molecule has 7 rings (SSSR count). The molecule has 3 aromatic rings. The first-order chi connectivity index (χ1) is 15.9. The van der Waals surface area contributed by atoms with Gasteiger partial charge in [0.1, 0.15) is 11.5 Å². The number of fused-ring (bicyclic) bond motifs is 1. The smallest absolute Gasteiger partial charge is 0.223 e. The van der Waals surface area contributed by atoms with Gasteiger partial charge < -0.3 is 19.7 Å². The van der Waals surface area contributed by atoms with Gasteiger partial charge in [-0.1, -0.05) is 24.6 Å². The molecule has 172 valence electrons. The molecule has 6 heteroatoms. The number of hydrogen-bond donors (Lipinski definition) is 2. The zero-order valence-electron chi connectivity index (χ0n) is 18.8. The van der Waals surface area contributed by atoms with Crippen LogP contribution < -0.4 is 4.74 Å². The molecule has 1 aromatic heterocycles. The minimum atomic E-state index is -0.538. The number of H-pyrrole nitrogens is 1. The highest BCUT2D eigenvalue weighted by molar-refractivity contribution is 6.30. The van der Waals surface area contributed by atoms with Crippen molar-refractivity contribution < 1.29 is 14.6 Å². The second kappa shape index (κ2) is 7.78. The molecule has 4 aliphatic rings. The Balaban J connectivity index is 1.24. The average molecular weight is 465 g/mol. The van der Waals surface area contributed by atoms with Crippen molar-refractivity contribution in [3.05, 3.63) is 59.2 Å². The first-order valence-corrected chi connectivity index (χ1v) is 12.3. The largest absolute Gasteiger partial charge is 0.457 e. The number of piperidine rings is 2. The summed E-state index contributed by atoms with van der Waals surface area (Å²) in [5, 5.41) is 12.5. The van der Waals surface area contributed by atoms with E-state index in [1.54, 1.807) is 0 Å². The van der Waals surface area contributed by atoms with Crippen molar-refractivity contribution in [3.63, 3.8) is 0 Å². The van der Waals surface area contributed by atoms with Crippen LogP contribution >= 0.6 is 11.6 Å². The molecule has 0 spiro atoms. The Morgan fingerprint density at radius 3 is 2.61 bits per heavy atom. The number of amides is 1. The van der Waals surface area contributed by atoms with Crippen LogP contribution in [0.1, 0.15) is 56.9 Å². The van der Waals surface area contributed by atoms with E-state index >= 15 is 0 Å². The predicted molar refractivity (Wildman–Crippen MR) is 129 cm³/mol. The quantitative estimate of drug-likeness (QED) is 0.485. The van der Waals surface area contributed by atoms with Crippen molar-refractivity contribution >= 4 is 28.4 Å². The van der Waals surface area contributed by atoms with E-state index in [-0.39, 0.29) is 23.9 Å². The molecule has 0 radical (unpaired) electrons. The summed E-state index contributed by atoms with van der Waals surface area (Å²) in [6.07, 6.45) is 6.96. The molecule has 2 saturated heterocycles. The number of halogens is 1. The number of benzene rings is 2. The molecule has 2 aliphatic carbocycles. The van der Waals surface area contributed by atoms with Gasteiger partial charge in [0.05, 0.1) is 5.60 Å². The zero-order valence-corrected chi connectivity index (χ0v) is 19.5. The lowest BCUT2D eigenvalue weighted by Crippen LogP contribution is -2.65. The highest BCUT2D eigenvalue weighted by Crippen LogP contribution is 2.51. The molecular formula is C27H29ClN2O3. The van der Waals surface area contributed by atoms with Crippen LogP contribution in [0.15, 0.2) is 48.7 Å². The molecule has 3 unspecified atom stereocenters. The summed E-state index contributed by atoms with van der Waals surface area (Å²) in [6.45, 7) is 2.12. The summed E-state index contributed by atoms with van der Waals surface area (Å²) in [5.74, 6) is 2.32. The molecule has 3 heterocycles. The van der Waals surface area contributed by atoms with E-state index in [9.17, 15) is 9.90 Å². The fourth-order valence-corrected chi connectivity index (χ4v) is 6.88. The van der Waals surface area contributed by atoms with Crippen molar-refractivity contribution in [3.8, 4) is 11.5 Å². The number of hydrogen-bond acceptors (Lipinski definition) is 3. The van der Waals surface area contributed by atoms with Gasteiger partial charge in [0.2, 0.25) is 5.91 Å². The summed E-state index contributed by atoms with van der Waals surface area (Å²) in [6, 6.07) is 13.7. The van der Waals surface area contributed by atoms with E-state index in [1.807, 2.05) is 48.7 Å². The highest BCUT2D eigenvalue weighted by Gasteiger charge is 2.54. The van der Waals surface area contributed by atoms with Crippen molar-refractivity contribution in [1.82, 2.24) is 9.88 Å². The van der Waals surface area contributed by atoms with Crippen LogP contribution in [0.25, 0.3) is 10.9 Å². The van der Waals surface area contributed by atoms with Gasteiger partial charge in [0, 0.05) is 40.6 Å². The van der Waals surface area contributed by atoms with Gasteiger partial charge in [0.15, 0.2) is 0 Å². The summed E-state index contributed by atoms with van der Waals surface area (Å²) in [4.78, 5) is 19.0. The van der Waals surface area contributed by atoms with Crippen LogP contribution in [0.3, 0.4) is 0 Å². The first-order valence-electron chi connectivity index (χ1n) is 12.0. The maximum absolute atomic E-state index is 13.5. The minimum Gasteiger partial charge on any atom is -0.457 e. The molecule has 1 amide bonds. The number of nitrogens with zero attached hydrogens (tertiary/aromatic N) is 1. The lowest BCUT2D eigenvalue weighted by atomic mass is 9.61. The molecule has 2 saturated carbocycles. The minimum absolute atomic E-state index is 0.0430. The Morgan fingerprint density at radius 2 is 1.91 bits per heavy atom. The summed E-state index contributed by atoms with van der Waals surface area (Å²) in [5.41, 5.74) is 1.54. The van der Waals surface area contributed by atoms with Crippen LogP contribution in [-0.4, -0.2) is 38.6 Å². The molecule has 33 heavy (non-hydrogen) atoms. The van der Waals surface area contributed by atoms with Gasteiger partial charge in [-0.25, -0.2) is 0 Å². The highest BCUT2D eigenvalue weighted by atomic mass is 35.5. The number of carbonyl (C=O) groups is 1. The Kier molecular flexibility index (Phi) is 4.96. The summed E-state index contributed by atoms with van der Waals surface area (Å²) < 4.78 is 6.20. The Hall–Kier alpha value is -2.50. The molecule has 4 bridgehead atoms. The van der Waals surface area contributed by atoms with Crippen molar-refractivity contribution in [1.29, 1.82) is 0 Å². The number of rotatable bonds is 5. The Bertz CT molecular complexity index is 1190. The average Bonchev–Trinajstić information content (AvgIpc) is 3.19. The maximum atomic E-state index is 13.5. The Morgan fingerprint density at radius 1 is 1.18 bits per heavy atom. The first kappa shape index (κ1) is 21.1. The Labute approximate surface area is 198 Å². The summed E-state index contributed by atoms with van der Waals surface area (Å²) >= 11 is 6.01.